The smallest absolute Gasteiger partial charge is 0.130 e. The minimum absolute atomic E-state index is 0.0354. The molecular formula is C27H40FOP. The summed E-state index contributed by atoms with van der Waals surface area (Å²) in [7, 11) is 0.266. The highest BCUT2D eigenvalue weighted by molar-refractivity contribution is 7.48. The number of hydrogen-bond donors (Lipinski definition) is 1. The highest BCUT2D eigenvalue weighted by atomic mass is 31.1. The zero-order valence-electron chi connectivity index (χ0n) is 20.3. The van der Waals surface area contributed by atoms with Gasteiger partial charge in [0.05, 0.1) is 0 Å². The normalized spacial score (nSPS) is 15.0. The molecule has 0 heterocycles. The molecule has 0 aliphatic rings. The maximum absolute atomic E-state index is 14.9. The van der Waals surface area contributed by atoms with Crippen LogP contribution in [0, 0.1) is 12.7 Å². The number of aryl methyl sites for hydroxylation is 1. The van der Waals surface area contributed by atoms with Gasteiger partial charge in [0.25, 0.3) is 0 Å². The van der Waals surface area contributed by atoms with Crippen LogP contribution in [0.3, 0.4) is 0 Å². The Balaban J connectivity index is 2.80. The summed E-state index contributed by atoms with van der Waals surface area (Å²) < 4.78 is 14.9. The van der Waals surface area contributed by atoms with Crippen molar-refractivity contribution < 1.29 is 9.50 Å². The van der Waals surface area contributed by atoms with E-state index >= 15 is 0 Å². The van der Waals surface area contributed by atoms with Gasteiger partial charge in [0.1, 0.15) is 11.6 Å². The second-order valence-corrected chi connectivity index (χ2v) is 12.5. The fourth-order valence-corrected chi connectivity index (χ4v) is 5.88. The van der Waals surface area contributed by atoms with Crippen LogP contribution in [0.15, 0.2) is 30.3 Å². The Bertz CT molecular complexity index is 889. The van der Waals surface area contributed by atoms with Crippen molar-refractivity contribution in [2.45, 2.75) is 97.6 Å². The molecule has 0 radical (unpaired) electrons. The largest absolute Gasteiger partial charge is 0.507 e. The zero-order chi connectivity index (χ0) is 22.9. The lowest BCUT2D eigenvalue weighted by atomic mass is 9.76. The Morgan fingerprint density at radius 2 is 1.50 bits per heavy atom. The molecule has 2 atom stereocenters. The predicted molar refractivity (Wildman–Crippen MR) is 131 cm³/mol. The maximum atomic E-state index is 14.9. The second-order valence-electron chi connectivity index (χ2n) is 10.7. The van der Waals surface area contributed by atoms with E-state index in [9.17, 15) is 9.50 Å². The molecule has 0 amide bonds. The Morgan fingerprint density at radius 1 is 0.900 bits per heavy atom. The number of hydrogen-bond acceptors (Lipinski definition) is 1. The molecule has 30 heavy (non-hydrogen) atoms. The third-order valence-corrected chi connectivity index (χ3v) is 8.10. The maximum Gasteiger partial charge on any atom is 0.130 e. The van der Waals surface area contributed by atoms with Gasteiger partial charge >= 0.3 is 0 Å². The summed E-state index contributed by atoms with van der Waals surface area (Å²) in [6.07, 6.45) is 2.76. The Hall–Kier alpha value is -1.40. The van der Waals surface area contributed by atoms with Crippen LogP contribution in [-0.4, -0.2) is 5.11 Å². The summed E-state index contributed by atoms with van der Waals surface area (Å²) in [4.78, 5) is 0. The van der Waals surface area contributed by atoms with E-state index in [1.54, 1.807) is 6.07 Å². The van der Waals surface area contributed by atoms with Crippen LogP contribution in [0.25, 0.3) is 0 Å². The number of benzene rings is 2. The van der Waals surface area contributed by atoms with Crippen LogP contribution >= 0.6 is 8.58 Å². The lowest BCUT2D eigenvalue weighted by Gasteiger charge is -2.37. The fraction of sp³-hybridized carbons (Fsp3) is 0.556. The van der Waals surface area contributed by atoms with E-state index in [0.29, 0.717) is 5.75 Å². The minimum atomic E-state index is -0.282. The first-order chi connectivity index (χ1) is 13.7. The predicted octanol–water partition coefficient (Wildman–Crippen LogP) is 7.84. The van der Waals surface area contributed by atoms with Gasteiger partial charge in [-0.15, -0.1) is 0 Å². The molecule has 2 rings (SSSR count). The first-order valence-electron chi connectivity index (χ1n) is 11.2. The molecule has 166 valence electrons. The Labute approximate surface area is 185 Å². The van der Waals surface area contributed by atoms with Crippen LogP contribution < -0.4 is 5.30 Å². The van der Waals surface area contributed by atoms with Gasteiger partial charge in [-0.3, -0.25) is 0 Å². The molecule has 0 saturated heterocycles. The zero-order valence-corrected chi connectivity index (χ0v) is 21.3. The summed E-state index contributed by atoms with van der Waals surface area (Å²) in [5.74, 6) is 0.260. The summed E-state index contributed by atoms with van der Waals surface area (Å²) >= 11 is 0. The number of rotatable bonds is 6. The van der Waals surface area contributed by atoms with E-state index in [0.717, 1.165) is 41.3 Å². The van der Waals surface area contributed by atoms with Gasteiger partial charge in [0.2, 0.25) is 0 Å². The highest BCUT2D eigenvalue weighted by Crippen LogP contribution is 2.53. The standard InChI is InChI=1S/C27H40FOP/c1-10-14-27(11-2,30-23-13-12-18(3)15-22(23)28)21-17-19(25(4,5)6)16-20(24(21)29)26(7,8)9/h12-13,15-17,29-30H,10-11,14H2,1-9H3. The first kappa shape index (κ1) is 24.9. The summed E-state index contributed by atoms with van der Waals surface area (Å²) in [6.45, 7) is 19.4. The monoisotopic (exact) mass is 430 g/mol. The number of aromatic hydroxyl groups is 1. The molecule has 3 heteroatoms. The van der Waals surface area contributed by atoms with E-state index < -0.39 is 0 Å². The molecule has 0 aliphatic carbocycles. The van der Waals surface area contributed by atoms with Crippen molar-refractivity contribution in [3.05, 3.63) is 58.4 Å². The molecule has 2 unspecified atom stereocenters. The van der Waals surface area contributed by atoms with Gasteiger partial charge in [0, 0.05) is 16.0 Å². The van der Waals surface area contributed by atoms with Crippen molar-refractivity contribution in [3.63, 3.8) is 0 Å². The lowest BCUT2D eigenvalue weighted by Crippen LogP contribution is -2.26. The lowest BCUT2D eigenvalue weighted by molar-refractivity contribution is 0.418. The number of phenolic OH excluding ortho intramolecular Hbond substituents is 1. The van der Waals surface area contributed by atoms with Crippen LogP contribution in [0.4, 0.5) is 4.39 Å². The Kier molecular flexibility index (Phi) is 7.45. The molecule has 0 aromatic heterocycles. The molecule has 0 aliphatic heterocycles. The van der Waals surface area contributed by atoms with Crippen LogP contribution in [0.2, 0.25) is 0 Å². The molecule has 0 bridgehead atoms. The van der Waals surface area contributed by atoms with Gasteiger partial charge in [-0.05, 0) is 53.4 Å². The van der Waals surface area contributed by atoms with Crippen LogP contribution in [-0.2, 0) is 16.0 Å². The van der Waals surface area contributed by atoms with Crippen molar-refractivity contribution in [2.24, 2.45) is 0 Å². The highest BCUT2D eigenvalue weighted by Gasteiger charge is 2.37. The van der Waals surface area contributed by atoms with Crippen LogP contribution in [0.1, 0.15) is 96.9 Å². The molecule has 0 saturated carbocycles. The molecule has 0 fully saturated rings. The van der Waals surface area contributed by atoms with Gasteiger partial charge in [0.15, 0.2) is 0 Å². The average molecular weight is 431 g/mol. The van der Waals surface area contributed by atoms with Crippen molar-refractivity contribution in [2.75, 3.05) is 0 Å². The molecule has 0 spiro atoms. The number of phenols is 1. The van der Waals surface area contributed by atoms with Crippen molar-refractivity contribution in [1.82, 2.24) is 0 Å². The summed E-state index contributed by atoms with van der Waals surface area (Å²) in [5.41, 5.74) is 3.92. The van der Waals surface area contributed by atoms with Gasteiger partial charge in [-0.1, -0.05) is 94.7 Å². The van der Waals surface area contributed by atoms with Crippen molar-refractivity contribution >= 4 is 13.9 Å². The fourth-order valence-electron chi connectivity index (χ4n) is 4.13. The second kappa shape index (κ2) is 8.99. The molecule has 1 N–H and O–H groups in total. The van der Waals surface area contributed by atoms with Crippen molar-refractivity contribution in [1.29, 1.82) is 0 Å². The Morgan fingerprint density at radius 3 is 1.97 bits per heavy atom. The topological polar surface area (TPSA) is 20.2 Å². The van der Waals surface area contributed by atoms with Gasteiger partial charge in [-0.25, -0.2) is 4.39 Å². The summed E-state index contributed by atoms with van der Waals surface area (Å²) in [6, 6.07) is 9.91. The number of halogens is 1. The van der Waals surface area contributed by atoms with Gasteiger partial charge in [-0.2, -0.15) is 0 Å². The van der Waals surface area contributed by atoms with E-state index in [2.05, 4.69) is 67.5 Å². The van der Waals surface area contributed by atoms with E-state index in [1.807, 2.05) is 19.1 Å². The average Bonchev–Trinajstić information content (AvgIpc) is 2.61. The quantitative estimate of drug-likeness (QED) is 0.463. The van der Waals surface area contributed by atoms with E-state index in [1.165, 1.54) is 5.56 Å². The molecule has 1 nitrogen and oxygen atoms in total. The first-order valence-corrected chi connectivity index (χ1v) is 12.2. The molecular weight excluding hydrogens is 390 g/mol. The molecule has 2 aromatic carbocycles. The van der Waals surface area contributed by atoms with Crippen LogP contribution in [0.5, 0.6) is 5.75 Å². The molecule has 2 aromatic rings. The third kappa shape index (κ3) is 5.25. The van der Waals surface area contributed by atoms with E-state index in [4.69, 9.17) is 0 Å². The van der Waals surface area contributed by atoms with Crippen molar-refractivity contribution in [3.8, 4) is 5.75 Å². The van der Waals surface area contributed by atoms with E-state index in [-0.39, 0.29) is 30.4 Å². The third-order valence-electron chi connectivity index (χ3n) is 6.08. The van der Waals surface area contributed by atoms with Gasteiger partial charge < -0.3 is 5.11 Å². The summed E-state index contributed by atoms with van der Waals surface area (Å²) in [5, 5.41) is 12.0. The minimum Gasteiger partial charge on any atom is -0.507 e. The SMILES string of the molecule is CCCC(CC)(Pc1ccc(C)cc1F)c1cc(C(C)(C)C)cc(C(C)(C)C)c1O.